The Hall–Kier alpha value is -2.57. The van der Waals surface area contributed by atoms with Crippen molar-refractivity contribution >= 4 is 23.5 Å². The van der Waals surface area contributed by atoms with Crippen molar-refractivity contribution in [2.75, 3.05) is 31.5 Å². The summed E-state index contributed by atoms with van der Waals surface area (Å²) in [6.07, 6.45) is 3.25. The maximum absolute atomic E-state index is 12.5. The molecule has 0 aliphatic carbocycles. The highest BCUT2D eigenvalue weighted by atomic mass is 16.2. The number of carbonyl (C=O) groups is 3. The lowest BCUT2D eigenvalue weighted by molar-refractivity contribution is -0.118. The first-order chi connectivity index (χ1) is 11.6. The third kappa shape index (κ3) is 5.57. The van der Waals surface area contributed by atoms with Gasteiger partial charge in [0.25, 0.3) is 5.91 Å². The van der Waals surface area contributed by atoms with Crippen LogP contribution >= 0.6 is 0 Å². The molecular formula is C17H24N4O3. The summed E-state index contributed by atoms with van der Waals surface area (Å²) in [6, 6.07) is 6.56. The molecule has 24 heavy (non-hydrogen) atoms. The Morgan fingerprint density at radius 1 is 1.04 bits per heavy atom. The van der Waals surface area contributed by atoms with E-state index in [2.05, 4.69) is 16.0 Å². The first-order valence-corrected chi connectivity index (χ1v) is 8.25. The molecule has 0 radical (unpaired) electrons. The molecule has 3 N–H and O–H groups in total. The van der Waals surface area contributed by atoms with Gasteiger partial charge < -0.3 is 20.9 Å². The molecule has 1 fully saturated rings. The zero-order valence-corrected chi connectivity index (χ0v) is 13.9. The van der Waals surface area contributed by atoms with Crippen LogP contribution < -0.4 is 16.0 Å². The van der Waals surface area contributed by atoms with Gasteiger partial charge in [-0.25, -0.2) is 4.79 Å². The van der Waals surface area contributed by atoms with Crippen LogP contribution in [0.3, 0.4) is 0 Å². The Labute approximate surface area is 141 Å². The standard InChI is InChI=1S/C17H24N4O3/c1-13(22)18-8-9-19-17(24)20-15-7-5-6-14(12-15)16(23)21-10-3-2-4-11-21/h5-7,12H,2-4,8-11H2,1H3,(H,18,22)(H2,19,20,24). The van der Waals surface area contributed by atoms with Crippen molar-refractivity contribution in [3.05, 3.63) is 29.8 Å². The molecule has 7 nitrogen and oxygen atoms in total. The molecule has 7 heteroatoms. The van der Waals surface area contributed by atoms with Crippen LogP contribution in [0.2, 0.25) is 0 Å². The summed E-state index contributed by atoms with van der Waals surface area (Å²) in [4.78, 5) is 36.9. The van der Waals surface area contributed by atoms with Gasteiger partial charge >= 0.3 is 6.03 Å². The van der Waals surface area contributed by atoms with Crippen LogP contribution in [-0.2, 0) is 4.79 Å². The lowest BCUT2D eigenvalue weighted by Crippen LogP contribution is -2.36. The monoisotopic (exact) mass is 332 g/mol. The number of nitrogens with zero attached hydrogens (tertiary/aromatic N) is 1. The second-order valence-corrected chi connectivity index (χ2v) is 5.80. The van der Waals surface area contributed by atoms with E-state index < -0.39 is 0 Å². The number of likely N-dealkylation sites (tertiary alicyclic amines) is 1. The quantitative estimate of drug-likeness (QED) is 0.715. The summed E-state index contributed by atoms with van der Waals surface area (Å²) in [5.74, 6) is -0.134. The molecule has 1 aliphatic rings. The molecule has 4 amide bonds. The van der Waals surface area contributed by atoms with Crippen LogP contribution in [0.1, 0.15) is 36.5 Å². The van der Waals surface area contributed by atoms with Crippen LogP contribution in [-0.4, -0.2) is 48.9 Å². The molecule has 0 atom stereocenters. The molecule has 1 aromatic rings. The number of hydrogen-bond donors (Lipinski definition) is 3. The molecule has 0 spiro atoms. The number of carbonyl (C=O) groups excluding carboxylic acids is 3. The minimum atomic E-state index is -0.372. The molecule has 0 saturated carbocycles. The topological polar surface area (TPSA) is 90.5 Å². The van der Waals surface area contributed by atoms with Gasteiger partial charge in [0.2, 0.25) is 5.91 Å². The first kappa shape index (κ1) is 17.8. The molecular weight excluding hydrogens is 308 g/mol. The molecule has 1 aliphatic heterocycles. The Morgan fingerprint density at radius 2 is 1.75 bits per heavy atom. The lowest BCUT2D eigenvalue weighted by Gasteiger charge is -2.26. The third-order valence-corrected chi connectivity index (χ3v) is 3.80. The van der Waals surface area contributed by atoms with E-state index in [9.17, 15) is 14.4 Å². The van der Waals surface area contributed by atoms with Crippen molar-refractivity contribution < 1.29 is 14.4 Å². The van der Waals surface area contributed by atoms with Crippen LogP contribution in [0.15, 0.2) is 24.3 Å². The minimum Gasteiger partial charge on any atom is -0.355 e. The summed E-state index contributed by atoms with van der Waals surface area (Å²) in [5.41, 5.74) is 1.14. The second kappa shape index (κ2) is 8.90. The predicted molar refractivity (Wildman–Crippen MR) is 91.9 cm³/mol. The molecule has 1 saturated heterocycles. The van der Waals surface area contributed by atoms with Gasteiger partial charge in [-0.2, -0.15) is 0 Å². The average Bonchev–Trinajstić information content (AvgIpc) is 2.59. The Morgan fingerprint density at radius 3 is 2.46 bits per heavy atom. The van der Waals surface area contributed by atoms with Crippen molar-refractivity contribution in [3.8, 4) is 0 Å². The Kier molecular flexibility index (Phi) is 6.60. The number of urea groups is 1. The number of anilines is 1. The number of piperidine rings is 1. The number of hydrogen-bond acceptors (Lipinski definition) is 3. The molecule has 130 valence electrons. The maximum atomic E-state index is 12.5. The van der Waals surface area contributed by atoms with Gasteiger partial charge in [-0.05, 0) is 37.5 Å². The summed E-state index contributed by atoms with van der Waals surface area (Å²) in [7, 11) is 0. The van der Waals surface area contributed by atoms with E-state index >= 15 is 0 Å². The van der Waals surface area contributed by atoms with Crippen molar-refractivity contribution in [1.82, 2.24) is 15.5 Å². The number of nitrogens with one attached hydrogen (secondary N) is 3. The van der Waals surface area contributed by atoms with Crippen molar-refractivity contribution in [1.29, 1.82) is 0 Å². The van der Waals surface area contributed by atoms with Gasteiger partial charge in [-0.15, -0.1) is 0 Å². The fourth-order valence-corrected chi connectivity index (χ4v) is 2.60. The fraction of sp³-hybridized carbons (Fsp3) is 0.471. The van der Waals surface area contributed by atoms with E-state index in [-0.39, 0.29) is 17.8 Å². The molecule has 1 heterocycles. The minimum absolute atomic E-state index is 0.00409. The normalized spacial score (nSPS) is 14.0. The van der Waals surface area contributed by atoms with Crippen LogP contribution in [0.5, 0.6) is 0 Å². The average molecular weight is 332 g/mol. The van der Waals surface area contributed by atoms with Gasteiger partial charge in [-0.3, -0.25) is 9.59 Å². The number of benzene rings is 1. The zero-order valence-electron chi connectivity index (χ0n) is 13.9. The van der Waals surface area contributed by atoms with Gasteiger partial charge in [0, 0.05) is 44.4 Å². The number of amides is 4. The van der Waals surface area contributed by atoms with Crippen molar-refractivity contribution in [2.45, 2.75) is 26.2 Å². The summed E-state index contributed by atoms with van der Waals surface area (Å²) in [5, 5.41) is 7.93. The van der Waals surface area contributed by atoms with E-state index in [0.29, 0.717) is 24.3 Å². The largest absolute Gasteiger partial charge is 0.355 e. The Balaban J connectivity index is 1.86. The van der Waals surface area contributed by atoms with Gasteiger partial charge in [0.15, 0.2) is 0 Å². The van der Waals surface area contributed by atoms with E-state index in [1.54, 1.807) is 24.3 Å². The van der Waals surface area contributed by atoms with Gasteiger partial charge in [0.1, 0.15) is 0 Å². The maximum Gasteiger partial charge on any atom is 0.319 e. The fourth-order valence-electron chi connectivity index (χ4n) is 2.60. The predicted octanol–water partition coefficient (Wildman–Crippen LogP) is 1.57. The van der Waals surface area contributed by atoms with E-state index in [0.717, 1.165) is 25.9 Å². The van der Waals surface area contributed by atoms with Gasteiger partial charge in [0.05, 0.1) is 0 Å². The van der Waals surface area contributed by atoms with E-state index in [1.807, 2.05) is 4.90 Å². The van der Waals surface area contributed by atoms with Crippen molar-refractivity contribution in [3.63, 3.8) is 0 Å². The summed E-state index contributed by atoms with van der Waals surface area (Å²) >= 11 is 0. The first-order valence-electron chi connectivity index (χ1n) is 8.25. The molecule has 0 bridgehead atoms. The molecule has 1 aromatic carbocycles. The van der Waals surface area contributed by atoms with Crippen LogP contribution in [0.25, 0.3) is 0 Å². The van der Waals surface area contributed by atoms with Crippen LogP contribution in [0.4, 0.5) is 10.5 Å². The van der Waals surface area contributed by atoms with E-state index in [4.69, 9.17) is 0 Å². The van der Waals surface area contributed by atoms with Crippen molar-refractivity contribution in [2.24, 2.45) is 0 Å². The Bertz CT molecular complexity index is 597. The number of rotatable bonds is 5. The highest BCUT2D eigenvalue weighted by Crippen LogP contribution is 2.16. The highest BCUT2D eigenvalue weighted by Gasteiger charge is 2.18. The lowest BCUT2D eigenvalue weighted by atomic mass is 10.1. The van der Waals surface area contributed by atoms with Crippen LogP contribution in [0, 0.1) is 0 Å². The highest BCUT2D eigenvalue weighted by molar-refractivity contribution is 5.97. The SMILES string of the molecule is CC(=O)NCCNC(=O)Nc1cccc(C(=O)N2CCCCC2)c1. The molecule has 0 unspecified atom stereocenters. The van der Waals surface area contributed by atoms with Gasteiger partial charge in [-0.1, -0.05) is 6.07 Å². The molecule has 2 rings (SSSR count). The second-order valence-electron chi connectivity index (χ2n) is 5.80. The smallest absolute Gasteiger partial charge is 0.319 e. The summed E-state index contributed by atoms with van der Waals surface area (Å²) in [6.45, 7) is 3.71. The zero-order chi connectivity index (χ0) is 17.4. The molecule has 0 aromatic heterocycles. The third-order valence-electron chi connectivity index (χ3n) is 3.80. The van der Waals surface area contributed by atoms with E-state index in [1.165, 1.54) is 13.3 Å². The summed E-state index contributed by atoms with van der Waals surface area (Å²) < 4.78 is 0.